The molecule has 0 saturated carbocycles. The van der Waals surface area contributed by atoms with E-state index in [9.17, 15) is 9.59 Å². The molecule has 1 aromatic heterocycles. The fourth-order valence-corrected chi connectivity index (χ4v) is 2.20. The van der Waals surface area contributed by atoms with Gasteiger partial charge in [-0.15, -0.1) is 0 Å². The van der Waals surface area contributed by atoms with Gasteiger partial charge in [-0.05, 0) is 35.7 Å². The normalized spacial score (nSPS) is 14.0. The molecule has 2 aromatic rings. The fraction of sp³-hybridized carbons (Fsp3) is 0.200. The van der Waals surface area contributed by atoms with E-state index in [4.69, 9.17) is 9.15 Å². The Kier molecular flexibility index (Phi) is 2.91. The lowest BCUT2D eigenvalue weighted by Gasteiger charge is -2.15. The number of ketones is 1. The average molecular weight is 256 g/mol. The Morgan fingerprint density at radius 3 is 2.84 bits per heavy atom. The van der Waals surface area contributed by atoms with E-state index >= 15 is 0 Å². The summed E-state index contributed by atoms with van der Waals surface area (Å²) in [6, 6.07) is 8.54. The van der Waals surface area contributed by atoms with E-state index in [2.05, 4.69) is 0 Å². The molecular formula is C15H12O4. The number of hydrogen-bond acceptors (Lipinski definition) is 4. The van der Waals surface area contributed by atoms with Crippen molar-refractivity contribution in [3.05, 3.63) is 53.3 Å². The van der Waals surface area contributed by atoms with Gasteiger partial charge in [-0.25, -0.2) is 4.79 Å². The third-order valence-electron chi connectivity index (χ3n) is 3.19. The van der Waals surface area contributed by atoms with E-state index in [1.165, 1.54) is 6.26 Å². The quantitative estimate of drug-likeness (QED) is 0.775. The molecule has 0 spiro atoms. The third-order valence-corrected chi connectivity index (χ3v) is 3.19. The van der Waals surface area contributed by atoms with Crippen LogP contribution in [0.4, 0.5) is 0 Å². The molecule has 0 amide bonds. The number of fused-ring (bicyclic) bond motifs is 1. The number of ether oxygens (including phenoxy) is 1. The van der Waals surface area contributed by atoms with Gasteiger partial charge >= 0.3 is 5.97 Å². The van der Waals surface area contributed by atoms with Gasteiger partial charge in [-0.2, -0.15) is 0 Å². The molecule has 4 nitrogen and oxygen atoms in total. The molecule has 0 saturated heterocycles. The van der Waals surface area contributed by atoms with Crippen molar-refractivity contribution in [2.45, 2.75) is 19.3 Å². The number of carbonyl (C=O) groups excluding carboxylic acids is 2. The monoisotopic (exact) mass is 256 g/mol. The molecule has 0 bridgehead atoms. The smallest absolute Gasteiger partial charge is 0.345 e. The molecule has 0 fully saturated rings. The Labute approximate surface area is 110 Å². The molecular weight excluding hydrogens is 244 g/mol. The van der Waals surface area contributed by atoms with Gasteiger partial charge < -0.3 is 9.15 Å². The molecule has 0 radical (unpaired) electrons. The summed E-state index contributed by atoms with van der Waals surface area (Å²) in [5, 5.41) is 0. The largest absolute Gasteiger partial charge is 0.434 e. The van der Waals surface area contributed by atoms with Crippen molar-refractivity contribution in [1.82, 2.24) is 0 Å². The zero-order valence-corrected chi connectivity index (χ0v) is 10.2. The van der Waals surface area contributed by atoms with Gasteiger partial charge in [0.2, 0.25) is 0 Å². The summed E-state index contributed by atoms with van der Waals surface area (Å²) in [7, 11) is 0. The first-order valence-corrected chi connectivity index (χ1v) is 6.11. The van der Waals surface area contributed by atoms with Crippen molar-refractivity contribution >= 4 is 11.8 Å². The number of Topliss-reactive ketones (excluding diaryl/α,β-unsaturated/α-hetero) is 1. The van der Waals surface area contributed by atoms with Crippen LogP contribution in [0.3, 0.4) is 0 Å². The SMILES string of the molecule is O=C1CCc2cc(C(=O)Oc3ccco3)ccc2C1. The van der Waals surface area contributed by atoms with E-state index in [-0.39, 0.29) is 11.7 Å². The van der Waals surface area contributed by atoms with Gasteiger partial charge in [0.1, 0.15) is 5.78 Å². The number of esters is 1. The molecule has 1 aromatic carbocycles. The molecule has 19 heavy (non-hydrogen) atoms. The van der Waals surface area contributed by atoms with Crippen molar-refractivity contribution < 1.29 is 18.7 Å². The summed E-state index contributed by atoms with van der Waals surface area (Å²) in [5.41, 5.74) is 2.53. The molecule has 0 unspecified atom stereocenters. The Balaban J connectivity index is 1.82. The minimum Gasteiger partial charge on any atom is -0.434 e. The maximum absolute atomic E-state index is 11.9. The van der Waals surface area contributed by atoms with Crippen LogP contribution in [0.5, 0.6) is 5.95 Å². The predicted octanol–water partition coefficient (Wildman–Crippen LogP) is 2.56. The summed E-state index contributed by atoms with van der Waals surface area (Å²) in [4.78, 5) is 23.3. The van der Waals surface area contributed by atoms with E-state index in [0.29, 0.717) is 24.8 Å². The lowest BCUT2D eigenvalue weighted by molar-refractivity contribution is -0.118. The third kappa shape index (κ3) is 2.42. The first kappa shape index (κ1) is 11.7. The maximum Gasteiger partial charge on any atom is 0.345 e. The van der Waals surface area contributed by atoms with Crippen LogP contribution in [-0.4, -0.2) is 11.8 Å². The van der Waals surface area contributed by atoms with Crippen LogP contribution < -0.4 is 4.74 Å². The van der Waals surface area contributed by atoms with E-state index in [1.807, 2.05) is 6.07 Å². The van der Waals surface area contributed by atoms with Gasteiger partial charge in [-0.1, -0.05) is 6.07 Å². The topological polar surface area (TPSA) is 56.5 Å². The molecule has 4 heteroatoms. The van der Waals surface area contributed by atoms with Crippen LogP contribution in [0, 0.1) is 0 Å². The Morgan fingerprint density at radius 1 is 1.16 bits per heavy atom. The van der Waals surface area contributed by atoms with Gasteiger partial charge in [0.05, 0.1) is 11.8 Å². The molecule has 0 aliphatic heterocycles. The molecule has 3 rings (SSSR count). The highest BCUT2D eigenvalue weighted by molar-refractivity contribution is 5.92. The van der Waals surface area contributed by atoms with Crippen LogP contribution in [0.25, 0.3) is 0 Å². The Bertz CT molecular complexity index is 626. The first-order valence-electron chi connectivity index (χ1n) is 6.11. The van der Waals surface area contributed by atoms with E-state index in [1.54, 1.807) is 24.3 Å². The zero-order chi connectivity index (χ0) is 13.2. The van der Waals surface area contributed by atoms with Crippen molar-refractivity contribution in [2.24, 2.45) is 0 Å². The van der Waals surface area contributed by atoms with Gasteiger partial charge in [0, 0.05) is 18.9 Å². The lowest BCUT2D eigenvalue weighted by Crippen LogP contribution is -2.15. The molecule has 1 heterocycles. The molecule has 96 valence electrons. The zero-order valence-electron chi connectivity index (χ0n) is 10.2. The summed E-state index contributed by atoms with van der Waals surface area (Å²) < 4.78 is 10.0. The minimum absolute atomic E-state index is 0.179. The number of furan rings is 1. The molecule has 1 aliphatic rings. The van der Waals surface area contributed by atoms with Gasteiger partial charge in [-0.3, -0.25) is 4.79 Å². The van der Waals surface area contributed by atoms with Crippen molar-refractivity contribution in [2.75, 3.05) is 0 Å². The van der Waals surface area contributed by atoms with Gasteiger partial charge in [0.15, 0.2) is 0 Å². The summed E-state index contributed by atoms with van der Waals surface area (Å²) in [5.74, 6) is -0.0223. The second-order valence-corrected chi connectivity index (χ2v) is 4.52. The Hall–Kier alpha value is -2.36. The average Bonchev–Trinajstić information content (AvgIpc) is 2.91. The molecule has 0 atom stereocenters. The van der Waals surface area contributed by atoms with E-state index in [0.717, 1.165) is 11.1 Å². The minimum atomic E-state index is -0.449. The standard InChI is InChI=1S/C15H12O4/c16-13-6-5-10-8-12(4-3-11(10)9-13)15(17)19-14-2-1-7-18-14/h1-4,7-8H,5-6,9H2. The number of hydrogen-bond donors (Lipinski definition) is 0. The van der Waals surface area contributed by atoms with E-state index < -0.39 is 5.97 Å². The number of rotatable bonds is 2. The van der Waals surface area contributed by atoms with Crippen LogP contribution in [0.2, 0.25) is 0 Å². The number of aryl methyl sites for hydroxylation is 1. The molecule has 1 aliphatic carbocycles. The lowest BCUT2D eigenvalue weighted by atomic mass is 9.89. The second-order valence-electron chi connectivity index (χ2n) is 4.52. The van der Waals surface area contributed by atoms with Crippen LogP contribution in [0.15, 0.2) is 41.0 Å². The highest BCUT2D eigenvalue weighted by atomic mass is 16.6. The predicted molar refractivity (Wildman–Crippen MR) is 67.1 cm³/mol. The first-order chi connectivity index (χ1) is 9.22. The second kappa shape index (κ2) is 4.72. The van der Waals surface area contributed by atoms with Crippen molar-refractivity contribution in [3.8, 4) is 5.95 Å². The fourth-order valence-electron chi connectivity index (χ4n) is 2.20. The summed E-state index contributed by atoms with van der Waals surface area (Å²) >= 11 is 0. The van der Waals surface area contributed by atoms with Crippen molar-refractivity contribution in [3.63, 3.8) is 0 Å². The number of carbonyl (C=O) groups is 2. The van der Waals surface area contributed by atoms with Crippen LogP contribution >= 0.6 is 0 Å². The molecule has 0 N–H and O–H groups in total. The van der Waals surface area contributed by atoms with Crippen LogP contribution in [-0.2, 0) is 17.6 Å². The highest BCUT2D eigenvalue weighted by Gasteiger charge is 2.18. The summed E-state index contributed by atoms with van der Waals surface area (Å²) in [6.45, 7) is 0. The maximum atomic E-state index is 11.9. The number of benzene rings is 1. The highest BCUT2D eigenvalue weighted by Crippen LogP contribution is 2.21. The Morgan fingerprint density at radius 2 is 2.05 bits per heavy atom. The van der Waals surface area contributed by atoms with Crippen molar-refractivity contribution in [1.29, 1.82) is 0 Å². The summed E-state index contributed by atoms with van der Waals surface area (Å²) in [6.07, 6.45) is 3.14. The van der Waals surface area contributed by atoms with Gasteiger partial charge in [0.25, 0.3) is 5.95 Å². The van der Waals surface area contributed by atoms with Crippen LogP contribution in [0.1, 0.15) is 27.9 Å².